The quantitative estimate of drug-likeness (QED) is 0.116. The Hall–Kier alpha value is -8.37. The van der Waals surface area contributed by atoms with Crippen molar-refractivity contribution >= 4 is 18.9 Å². The normalized spacial score (nSPS) is 10.1. The molecule has 57 heavy (non-hydrogen) atoms. The summed E-state index contributed by atoms with van der Waals surface area (Å²) in [6.07, 6.45) is 1.79. The molecule has 270 valence electrons. The fraction of sp³-hybridized carbons (Fsp3) is 0. The van der Waals surface area contributed by atoms with Crippen molar-refractivity contribution in [3.63, 3.8) is 0 Å². The molecular formula is C51H30O6. The molecule has 0 atom stereocenters. The zero-order valence-electron chi connectivity index (χ0n) is 30.2. The Kier molecular flexibility index (Phi) is 10.9. The zero-order chi connectivity index (χ0) is 39.7. The van der Waals surface area contributed by atoms with Crippen LogP contribution in [0.3, 0.4) is 0 Å². The third kappa shape index (κ3) is 8.89. The van der Waals surface area contributed by atoms with Crippen molar-refractivity contribution < 1.29 is 29.7 Å². The van der Waals surface area contributed by atoms with E-state index in [4.69, 9.17) is 0 Å². The molecule has 7 rings (SSSR count). The Morgan fingerprint density at radius 3 is 0.754 bits per heavy atom. The van der Waals surface area contributed by atoms with E-state index in [-0.39, 0.29) is 33.9 Å². The van der Waals surface area contributed by atoms with E-state index in [9.17, 15) is 29.7 Å². The smallest absolute Gasteiger partial charge is 0.153 e. The monoisotopic (exact) mass is 738 g/mol. The van der Waals surface area contributed by atoms with Gasteiger partial charge in [-0.15, -0.1) is 0 Å². The molecule has 6 nitrogen and oxygen atoms in total. The molecule has 0 aliphatic heterocycles. The third-order valence-electron chi connectivity index (χ3n) is 9.10. The first-order valence-electron chi connectivity index (χ1n) is 17.7. The number of aldehydes is 3. The van der Waals surface area contributed by atoms with Gasteiger partial charge in [-0.1, -0.05) is 71.9 Å². The summed E-state index contributed by atoms with van der Waals surface area (Å²) in [5, 5.41) is 29.4. The fourth-order valence-corrected chi connectivity index (χ4v) is 5.98. The summed E-state index contributed by atoms with van der Waals surface area (Å²) in [7, 11) is 0. The molecule has 0 unspecified atom stereocenters. The second kappa shape index (κ2) is 16.8. The summed E-state index contributed by atoms with van der Waals surface area (Å²) in [6, 6.07) is 44.1. The van der Waals surface area contributed by atoms with Gasteiger partial charge in [-0.05, 0) is 143 Å². The minimum absolute atomic E-state index is 0.0860. The number of carbonyl (C=O) groups is 3. The lowest BCUT2D eigenvalue weighted by molar-refractivity contribution is 0.111. The van der Waals surface area contributed by atoms with E-state index in [2.05, 4.69) is 53.7 Å². The molecule has 0 heterocycles. The molecule has 7 aromatic carbocycles. The first-order valence-corrected chi connectivity index (χ1v) is 17.7. The van der Waals surface area contributed by atoms with Crippen LogP contribution in [0.4, 0.5) is 0 Å². The number of hydrogen-bond acceptors (Lipinski definition) is 6. The molecule has 0 aromatic heterocycles. The highest BCUT2D eigenvalue weighted by Crippen LogP contribution is 2.33. The molecular weight excluding hydrogens is 709 g/mol. The van der Waals surface area contributed by atoms with Crippen molar-refractivity contribution in [3.05, 3.63) is 196 Å². The molecule has 0 radical (unpaired) electrons. The minimum atomic E-state index is -0.0860. The highest BCUT2D eigenvalue weighted by atomic mass is 16.3. The van der Waals surface area contributed by atoms with Gasteiger partial charge in [-0.3, -0.25) is 14.4 Å². The number of rotatable bonds is 6. The zero-order valence-corrected chi connectivity index (χ0v) is 30.2. The van der Waals surface area contributed by atoms with Crippen molar-refractivity contribution in [1.29, 1.82) is 0 Å². The van der Waals surface area contributed by atoms with Crippen LogP contribution in [0.15, 0.2) is 146 Å². The molecule has 0 aliphatic carbocycles. The lowest BCUT2D eigenvalue weighted by Gasteiger charge is -2.12. The molecule has 0 saturated heterocycles. The maximum atomic E-state index is 11.2. The number of aromatic hydroxyl groups is 3. The van der Waals surface area contributed by atoms with E-state index in [0.29, 0.717) is 35.5 Å². The van der Waals surface area contributed by atoms with E-state index in [1.54, 1.807) is 36.4 Å². The van der Waals surface area contributed by atoms with Crippen molar-refractivity contribution in [2.75, 3.05) is 0 Å². The Labute approximate surface area is 329 Å². The first-order chi connectivity index (χ1) is 27.8. The average molecular weight is 739 g/mol. The Balaban J connectivity index is 1.21. The lowest BCUT2D eigenvalue weighted by atomic mass is 9.92. The Morgan fingerprint density at radius 2 is 0.509 bits per heavy atom. The highest BCUT2D eigenvalue weighted by molar-refractivity contribution is 5.83. The van der Waals surface area contributed by atoms with Gasteiger partial charge in [0.25, 0.3) is 0 Å². The summed E-state index contributed by atoms with van der Waals surface area (Å²) in [4.78, 5) is 33.7. The van der Waals surface area contributed by atoms with E-state index in [0.717, 1.165) is 50.1 Å². The molecule has 3 N–H and O–H groups in total. The fourth-order valence-electron chi connectivity index (χ4n) is 5.98. The molecule has 7 aromatic rings. The van der Waals surface area contributed by atoms with Gasteiger partial charge >= 0.3 is 0 Å². The topological polar surface area (TPSA) is 112 Å². The predicted octanol–water partition coefficient (Wildman–Crippen LogP) is 9.44. The van der Waals surface area contributed by atoms with Crippen LogP contribution in [-0.2, 0) is 0 Å². The van der Waals surface area contributed by atoms with Gasteiger partial charge in [0.05, 0.1) is 16.7 Å². The van der Waals surface area contributed by atoms with Crippen LogP contribution in [0.2, 0.25) is 0 Å². The first kappa shape index (κ1) is 37.0. The largest absolute Gasteiger partial charge is 0.507 e. The molecule has 0 spiro atoms. The number of benzene rings is 7. The predicted molar refractivity (Wildman–Crippen MR) is 221 cm³/mol. The Morgan fingerprint density at radius 1 is 0.281 bits per heavy atom. The van der Waals surface area contributed by atoms with Crippen LogP contribution in [0.5, 0.6) is 17.2 Å². The van der Waals surface area contributed by atoms with Crippen LogP contribution in [0, 0.1) is 35.5 Å². The van der Waals surface area contributed by atoms with E-state index in [1.165, 1.54) is 18.2 Å². The standard InChI is InChI=1S/C51H30O6/c52-31-46-25-37(13-22-49(46)55)4-1-34-7-16-40(17-8-34)43-28-44(41-18-9-35(10-19-41)2-5-38-14-23-50(56)47(26-38)32-53)30-45(29-43)42-20-11-36(12-21-42)3-6-39-15-24-51(57)48(27-39)33-54/h7-33,55-57H. The summed E-state index contributed by atoms with van der Waals surface area (Å²) >= 11 is 0. The van der Waals surface area contributed by atoms with Crippen LogP contribution in [0.1, 0.15) is 64.5 Å². The SMILES string of the molecule is O=Cc1cc(C#Cc2ccc(-c3cc(-c4ccc(C#Cc5ccc(O)c(C=O)c5)cc4)cc(-c4ccc(C#Cc5ccc(O)c(C=O)c5)cc4)c3)cc2)ccc1O. The van der Waals surface area contributed by atoms with Crippen LogP contribution < -0.4 is 0 Å². The van der Waals surface area contributed by atoms with E-state index in [1.807, 2.05) is 72.8 Å². The number of phenols is 3. The third-order valence-corrected chi connectivity index (χ3v) is 9.10. The van der Waals surface area contributed by atoms with E-state index < -0.39 is 0 Å². The Bertz CT molecular complexity index is 2540. The van der Waals surface area contributed by atoms with Crippen molar-refractivity contribution in [3.8, 4) is 86.2 Å². The molecule has 0 aliphatic rings. The molecule has 6 heteroatoms. The second-order valence-electron chi connectivity index (χ2n) is 13.0. The van der Waals surface area contributed by atoms with Crippen LogP contribution in [-0.4, -0.2) is 34.2 Å². The summed E-state index contributed by atoms with van der Waals surface area (Å²) < 4.78 is 0. The highest BCUT2D eigenvalue weighted by Gasteiger charge is 2.09. The second-order valence-corrected chi connectivity index (χ2v) is 13.0. The number of hydrogen-bond donors (Lipinski definition) is 3. The summed E-state index contributed by atoms with van der Waals surface area (Å²) in [5.41, 5.74) is 10.7. The molecule has 0 fully saturated rings. The maximum Gasteiger partial charge on any atom is 0.153 e. The molecule has 0 amide bonds. The molecule has 0 bridgehead atoms. The van der Waals surface area contributed by atoms with Gasteiger partial charge in [0.1, 0.15) is 17.2 Å². The van der Waals surface area contributed by atoms with Crippen molar-refractivity contribution in [2.24, 2.45) is 0 Å². The number of phenolic OH excluding ortho intramolecular Hbond substituents is 3. The van der Waals surface area contributed by atoms with Gasteiger partial charge in [0.15, 0.2) is 18.9 Å². The van der Waals surface area contributed by atoms with Gasteiger partial charge in [0, 0.05) is 33.4 Å². The van der Waals surface area contributed by atoms with Gasteiger partial charge in [0.2, 0.25) is 0 Å². The summed E-state index contributed by atoms with van der Waals surface area (Å²) in [5.74, 6) is 18.3. The van der Waals surface area contributed by atoms with Gasteiger partial charge < -0.3 is 15.3 Å². The van der Waals surface area contributed by atoms with E-state index >= 15 is 0 Å². The van der Waals surface area contributed by atoms with Crippen molar-refractivity contribution in [2.45, 2.75) is 0 Å². The van der Waals surface area contributed by atoms with Gasteiger partial charge in [-0.2, -0.15) is 0 Å². The molecule has 0 saturated carbocycles. The van der Waals surface area contributed by atoms with Crippen molar-refractivity contribution in [1.82, 2.24) is 0 Å². The average Bonchev–Trinajstić information content (AvgIpc) is 3.26. The van der Waals surface area contributed by atoms with Crippen LogP contribution >= 0.6 is 0 Å². The lowest BCUT2D eigenvalue weighted by Crippen LogP contribution is -1.88. The van der Waals surface area contributed by atoms with Crippen LogP contribution in [0.25, 0.3) is 33.4 Å². The maximum absolute atomic E-state index is 11.2. The summed E-state index contributed by atoms with van der Waals surface area (Å²) in [6.45, 7) is 0. The number of carbonyl (C=O) groups excluding carboxylic acids is 3. The van der Waals surface area contributed by atoms with Gasteiger partial charge in [-0.25, -0.2) is 0 Å². The minimum Gasteiger partial charge on any atom is -0.507 e.